The fourth-order valence-corrected chi connectivity index (χ4v) is 5.52. The van der Waals surface area contributed by atoms with E-state index in [0.717, 1.165) is 4.47 Å². The van der Waals surface area contributed by atoms with Crippen LogP contribution in [0.4, 0.5) is 4.79 Å². The molecular formula is C21H33BrN2O5S. The van der Waals surface area contributed by atoms with Crippen LogP contribution in [0.25, 0.3) is 0 Å². The number of piperidine rings is 1. The molecule has 9 heteroatoms. The van der Waals surface area contributed by atoms with E-state index >= 15 is 0 Å². The molecule has 0 unspecified atom stereocenters. The normalized spacial score (nSPS) is 17.0. The average molecular weight is 505 g/mol. The Morgan fingerprint density at radius 2 is 1.80 bits per heavy atom. The van der Waals surface area contributed by atoms with Crippen LogP contribution >= 0.6 is 15.9 Å². The van der Waals surface area contributed by atoms with Crippen molar-refractivity contribution in [2.45, 2.75) is 69.8 Å². The summed E-state index contributed by atoms with van der Waals surface area (Å²) in [5.41, 5.74) is -0.483. The van der Waals surface area contributed by atoms with Crippen LogP contribution < -0.4 is 4.72 Å². The maximum atomic E-state index is 12.9. The molecule has 7 nitrogen and oxygen atoms in total. The lowest BCUT2D eigenvalue weighted by molar-refractivity contribution is 0.0154. The van der Waals surface area contributed by atoms with Crippen LogP contribution in [0.15, 0.2) is 28.7 Å². The Bertz CT molecular complexity index is 798. The SMILES string of the molecule is CC(C)(C)OC(=O)N1CCC(CCCCO)(NS(=O)(=O)Cc2ccc(Br)cc2)CC1. The first-order valence-electron chi connectivity index (χ1n) is 10.3. The zero-order chi connectivity index (χ0) is 22.4. The van der Waals surface area contributed by atoms with Crippen molar-refractivity contribution in [1.29, 1.82) is 0 Å². The molecule has 1 aromatic carbocycles. The molecule has 2 rings (SSSR count). The van der Waals surface area contributed by atoms with Gasteiger partial charge in [-0.2, -0.15) is 0 Å². The van der Waals surface area contributed by atoms with Crippen molar-refractivity contribution in [3.63, 3.8) is 0 Å². The lowest BCUT2D eigenvalue weighted by Gasteiger charge is -2.42. The van der Waals surface area contributed by atoms with Gasteiger partial charge in [0.1, 0.15) is 5.60 Å². The van der Waals surface area contributed by atoms with Crippen LogP contribution in [0.5, 0.6) is 0 Å². The molecule has 1 aliphatic heterocycles. The molecule has 0 radical (unpaired) electrons. The summed E-state index contributed by atoms with van der Waals surface area (Å²) in [5.74, 6) is -0.0994. The predicted molar refractivity (Wildman–Crippen MR) is 121 cm³/mol. The van der Waals surface area contributed by atoms with Gasteiger partial charge in [-0.05, 0) is 70.6 Å². The van der Waals surface area contributed by atoms with Crippen LogP contribution in [-0.4, -0.2) is 55.4 Å². The van der Waals surface area contributed by atoms with Gasteiger partial charge in [-0.1, -0.05) is 28.1 Å². The highest BCUT2D eigenvalue weighted by molar-refractivity contribution is 9.10. The highest BCUT2D eigenvalue weighted by Crippen LogP contribution is 2.30. The van der Waals surface area contributed by atoms with Gasteiger partial charge in [-0.25, -0.2) is 17.9 Å². The van der Waals surface area contributed by atoms with Gasteiger partial charge in [0.15, 0.2) is 0 Å². The van der Waals surface area contributed by atoms with Crippen LogP contribution in [0.3, 0.4) is 0 Å². The van der Waals surface area contributed by atoms with Crippen molar-refractivity contribution in [3.8, 4) is 0 Å². The zero-order valence-corrected chi connectivity index (χ0v) is 20.4. The quantitative estimate of drug-likeness (QED) is 0.524. The topological polar surface area (TPSA) is 95.9 Å². The third-order valence-electron chi connectivity index (χ3n) is 5.08. The van der Waals surface area contributed by atoms with Crippen LogP contribution in [-0.2, 0) is 20.5 Å². The molecule has 0 aromatic heterocycles. The molecule has 1 amide bonds. The minimum Gasteiger partial charge on any atom is -0.444 e. The standard InChI is InChI=1S/C21H33BrN2O5S/c1-20(2,3)29-19(26)24-13-11-21(12-14-24,10-4-5-15-25)23-30(27,28)16-17-6-8-18(22)9-7-17/h6-9,23,25H,4-5,10-16H2,1-3H3. The fraction of sp³-hybridized carbons (Fsp3) is 0.667. The number of carbonyl (C=O) groups excluding carboxylic acids is 1. The number of likely N-dealkylation sites (tertiary alicyclic amines) is 1. The summed E-state index contributed by atoms with van der Waals surface area (Å²) in [6.45, 7) is 6.40. The molecule has 1 fully saturated rings. The smallest absolute Gasteiger partial charge is 0.410 e. The number of amides is 1. The number of ether oxygens (including phenoxy) is 1. The highest BCUT2D eigenvalue weighted by Gasteiger charge is 2.39. The van der Waals surface area contributed by atoms with E-state index in [1.807, 2.05) is 32.9 Å². The van der Waals surface area contributed by atoms with Gasteiger partial charge in [0, 0.05) is 29.7 Å². The molecule has 0 atom stereocenters. The number of carbonyl (C=O) groups is 1. The largest absolute Gasteiger partial charge is 0.444 e. The third kappa shape index (κ3) is 8.17. The minimum absolute atomic E-state index is 0.0752. The lowest BCUT2D eigenvalue weighted by Crippen LogP contribution is -2.56. The van der Waals surface area contributed by atoms with Crippen molar-refractivity contribution in [1.82, 2.24) is 9.62 Å². The number of aliphatic hydroxyl groups is 1. The van der Waals surface area contributed by atoms with Gasteiger partial charge < -0.3 is 14.7 Å². The summed E-state index contributed by atoms with van der Waals surface area (Å²) in [6.07, 6.45) is 2.60. The van der Waals surface area contributed by atoms with Crippen molar-refractivity contribution in [2.24, 2.45) is 0 Å². The molecule has 0 spiro atoms. The number of nitrogens with zero attached hydrogens (tertiary/aromatic N) is 1. The van der Waals surface area contributed by atoms with Crippen LogP contribution in [0.1, 0.15) is 58.4 Å². The van der Waals surface area contributed by atoms with Gasteiger partial charge in [0.05, 0.1) is 5.75 Å². The summed E-state index contributed by atoms with van der Waals surface area (Å²) in [6, 6.07) is 7.21. The Kier molecular flexibility index (Phi) is 8.73. The molecule has 0 aliphatic carbocycles. The Hall–Kier alpha value is -1.16. The second kappa shape index (κ2) is 10.4. The maximum absolute atomic E-state index is 12.9. The predicted octanol–water partition coefficient (Wildman–Crippen LogP) is 3.80. The number of sulfonamides is 1. The first-order valence-corrected chi connectivity index (χ1v) is 12.7. The van der Waals surface area contributed by atoms with Gasteiger partial charge >= 0.3 is 6.09 Å². The molecule has 30 heavy (non-hydrogen) atoms. The number of halogens is 1. The molecule has 1 aliphatic rings. The Morgan fingerprint density at radius 1 is 1.20 bits per heavy atom. The third-order valence-corrected chi connectivity index (χ3v) is 7.06. The Balaban J connectivity index is 2.07. The molecule has 1 heterocycles. The number of nitrogens with one attached hydrogen (secondary N) is 1. The number of aliphatic hydroxyl groups excluding tert-OH is 1. The minimum atomic E-state index is -3.57. The molecule has 0 saturated carbocycles. The van der Waals surface area contributed by atoms with E-state index in [2.05, 4.69) is 20.7 Å². The number of benzene rings is 1. The number of hydrogen-bond acceptors (Lipinski definition) is 5. The number of unbranched alkanes of at least 4 members (excludes halogenated alkanes) is 1. The average Bonchev–Trinajstić information content (AvgIpc) is 2.62. The van der Waals surface area contributed by atoms with Crippen LogP contribution in [0, 0.1) is 0 Å². The van der Waals surface area contributed by atoms with Gasteiger partial charge in [-0.3, -0.25) is 0 Å². The molecule has 170 valence electrons. The fourth-order valence-electron chi connectivity index (χ4n) is 3.59. The summed E-state index contributed by atoms with van der Waals surface area (Å²) in [4.78, 5) is 14.0. The summed E-state index contributed by atoms with van der Waals surface area (Å²) < 4.78 is 35.1. The first-order chi connectivity index (χ1) is 13.9. The summed E-state index contributed by atoms with van der Waals surface area (Å²) >= 11 is 3.36. The van der Waals surface area contributed by atoms with Crippen molar-refractivity contribution in [3.05, 3.63) is 34.3 Å². The Labute approximate surface area is 188 Å². The second-order valence-corrected chi connectivity index (χ2v) is 11.6. The van der Waals surface area contributed by atoms with E-state index in [0.29, 0.717) is 50.8 Å². The summed E-state index contributed by atoms with van der Waals surface area (Å²) in [7, 11) is -3.57. The van der Waals surface area contributed by atoms with E-state index in [-0.39, 0.29) is 18.5 Å². The number of rotatable bonds is 8. The van der Waals surface area contributed by atoms with E-state index in [1.54, 1.807) is 17.0 Å². The van der Waals surface area contributed by atoms with E-state index in [4.69, 9.17) is 9.84 Å². The molecule has 2 N–H and O–H groups in total. The van der Waals surface area contributed by atoms with E-state index < -0.39 is 21.2 Å². The van der Waals surface area contributed by atoms with Gasteiger partial charge in [-0.15, -0.1) is 0 Å². The highest BCUT2D eigenvalue weighted by atomic mass is 79.9. The second-order valence-electron chi connectivity index (χ2n) is 8.92. The van der Waals surface area contributed by atoms with Gasteiger partial charge in [0.25, 0.3) is 0 Å². The molecule has 1 saturated heterocycles. The van der Waals surface area contributed by atoms with Crippen molar-refractivity contribution >= 4 is 32.0 Å². The molecular weight excluding hydrogens is 472 g/mol. The van der Waals surface area contributed by atoms with Gasteiger partial charge in [0.2, 0.25) is 10.0 Å². The monoisotopic (exact) mass is 504 g/mol. The molecule has 0 bridgehead atoms. The first kappa shape index (κ1) is 25.1. The van der Waals surface area contributed by atoms with E-state index in [1.165, 1.54) is 0 Å². The summed E-state index contributed by atoms with van der Waals surface area (Å²) in [5, 5.41) is 9.14. The van der Waals surface area contributed by atoms with Crippen molar-refractivity contribution < 1.29 is 23.1 Å². The number of hydrogen-bond donors (Lipinski definition) is 2. The lowest BCUT2D eigenvalue weighted by atomic mass is 9.84. The maximum Gasteiger partial charge on any atom is 0.410 e. The van der Waals surface area contributed by atoms with E-state index in [9.17, 15) is 13.2 Å². The molecule has 1 aromatic rings. The van der Waals surface area contributed by atoms with Crippen molar-refractivity contribution in [2.75, 3.05) is 19.7 Å². The van der Waals surface area contributed by atoms with Crippen LogP contribution in [0.2, 0.25) is 0 Å². The Morgan fingerprint density at radius 3 is 2.33 bits per heavy atom. The zero-order valence-electron chi connectivity index (χ0n) is 18.0.